The van der Waals surface area contributed by atoms with Gasteiger partial charge in [0.05, 0.1) is 24.1 Å². The lowest BCUT2D eigenvalue weighted by molar-refractivity contribution is -0.104. The molecule has 0 aliphatic carbocycles. The summed E-state index contributed by atoms with van der Waals surface area (Å²) in [6.07, 6.45) is 6.19. The molecule has 0 radical (unpaired) electrons. The second-order valence-corrected chi connectivity index (χ2v) is 7.12. The molecular formula is C21H26N4O2S. The number of nitrogens with zero attached hydrogens (tertiary/aromatic N) is 4. The van der Waals surface area contributed by atoms with Crippen LogP contribution in [0.1, 0.15) is 11.3 Å². The second-order valence-electron chi connectivity index (χ2n) is 6.27. The average Bonchev–Trinajstić information content (AvgIpc) is 2.71. The van der Waals surface area contributed by atoms with Crippen molar-refractivity contribution in [3.63, 3.8) is 0 Å². The van der Waals surface area contributed by atoms with Crippen molar-refractivity contribution in [3.05, 3.63) is 52.7 Å². The van der Waals surface area contributed by atoms with E-state index in [-0.39, 0.29) is 0 Å². The fourth-order valence-electron chi connectivity index (χ4n) is 2.70. The minimum Gasteiger partial charge on any atom is -0.497 e. The Morgan fingerprint density at radius 1 is 1.18 bits per heavy atom. The number of carbonyl (C=O) groups is 1. The van der Waals surface area contributed by atoms with Crippen molar-refractivity contribution in [1.82, 2.24) is 4.98 Å². The Morgan fingerprint density at radius 2 is 1.86 bits per heavy atom. The highest BCUT2D eigenvalue weighted by Crippen LogP contribution is 2.33. The quantitative estimate of drug-likeness (QED) is 0.291. The lowest BCUT2D eigenvalue weighted by Crippen LogP contribution is -2.15. The van der Waals surface area contributed by atoms with Crippen LogP contribution in [0.25, 0.3) is 5.70 Å². The molecule has 0 spiro atoms. The van der Waals surface area contributed by atoms with Crippen molar-refractivity contribution in [2.24, 2.45) is 4.99 Å². The largest absolute Gasteiger partial charge is 0.497 e. The zero-order valence-corrected chi connectivity index (χ0v) is 17.9. The minimum atomic E-state index is 0.554. The molecule has 0 unspecified atom stereocenters. The van der Waals surface area contributed by atoms with Crippen LogP contribution < -0.4 is 14.5 Å². The zero-order chi connectivity index (χ0) is 20.7. The summed E-state index contributed by atoms with van der Waals surface area (Å²) in [4.78, 5) is 25.3. The Labute approximate surface area is 170 Å². The molecule has 0 aliphatic heterocycles. The van der Waals surface area contributed by atoms with Crippen molar-refractivity contribution < 1.29 is 9.53 Å². The number of aryl methyl sites for hydroxylation is 1. The lowest BCUT2D eigenvalue weighted by Gasteiger charge is -2.20. The molecular weight excluding hydrogens is 372 g/mol. The fraction of sp³-hybridized carbons (Fsp3) is 0.286. The number of aldehydes is 1. The van der Waals surface area contributed by atoms with Gasteiger partial charge in [0.15, 0.2) is 6.29 Å². The third kappa shape index (κ3) is 4.92. The van der Waals surface area contributed by atoms with E-state index in [0.29, 0.717) is 10.6 Å². The van der Waals surface area contributed by atoms with Crippen molar-refractivity contribution in [2.45, 2.75) is 6.92 Å². The van der Waals surface area contributed by atoms with Gasteiger partial charge in [0.1, 0.15) is 5.75 Å². The number of methoxy groups -OCH3 is 1. The molecule has 28 heavy (non-hydrogen) atoms. The van der Waals surface area contributed by atoms with E-state index >= 15 is 0 Å². The number of carbonyl (C=O) groups excluding carboxylic acids is 1. The van der Waals surface area contributed by atoms with E-state index in [2.05, 4.69) is 9.98 Å². The average molecular weight is 399 g/mol. The van der Waals surface area contributed by atoms with Gasteiger partial charge in [-0.1, -0.05) is 0 Å². The zero-order valence-electron chi connectivity index (χ0n) is 17.1. The molecule has 2 aromatic rings. The van der Waals surface area contributed by atoms with E-state index in [1.165, 1.54) is 11.8 Å². The van der Waals surface area contributed by atoms with Crippen LogP contribution in [0.2, 0.25) is 0 Å². The molecule has 0 aliphatic rings. The highest BCUT2D eigenvalue weighted by atomic mass is 32.2. The van der Waals surface area contributed by atoms with E-state index < -0.39 is 0 Å². The van der Waals surface area contributed by atoms with Crippen LogP contribution in [0.15, 0.2) is 46.4 Å². The van der Waals surface area contributed by atoms with Crippen LogP contribution in [0.5, 0.6) is 5.75 Å². The highest BCUT2D eigenvalue weighted by molar-refractivity contribution is 8.03. The molecule has 1 aromatic carbocycles. The van der Waals surface area contributed by atoms with Gasteiger partial charge in [0, 0.05) is 50.0 Å². The molecule has 0 atom stereocenters. The summed E-state index contributed by atoms with van der Waals surface area (Å²) in [5, 5.41) is 0. The van der Waals surface area contributed by atoms with Crippen molar-refractivity contribution in [1.29, 1.82) is 0 Å². The van der Waals surface area contributed by atoms with Gasteiger partial charge in [-0.25, -0.2) is 4.99 Å². The molecule has 0 saturated heterocycles. The molecule has 148 valence electrons. The normalized spacial score (nSPS) is 11.9. The first kappa shape index (κ1) is 21.5. The van der Waals surface area contributed by atoms with Gasteiger partial charge >= 0.3 is 0 Å². The molecule has 6 nitrogen and oxygen atoms in total. The van der Waals surface area contributed by atoms with Gasteiger partial charge in [0.25, 0.3) is 0 Å². The van der Waals surface area contributed by atoms with Gasteiger partial charge in [0.2, 0.25) is 0 Å². The molecule has 0 saturated carbocycles. The molecule has 2 rings (SSSR count). The highest BCUT2D eigenvalue weighted by Gasteiger charge is 2.17. The van der Waals surface area contributed by atoms with Crippen LogP contribution in [0.3, 0.4) is 0 Å². The van der Waals surface area contributed by atoms with E-state index in [4.69, 9.17) is 4.74 Å². The first-order chi connectivity index (χ1) is 13.4. The summed E-state index contributed by atoms with van der Waals surface area (Å²) in [6.45, 7) is 1.92. The predicted molar refractivity (Wildman–Crippen MR) is 120 cm³/mol. The number of anilines is 2. The van der Waals surface area contributed by atoms with Gasteiger partial charge < -0.3 is 14.5 Å². The van der Waals surface area contributed by atoms with Crippen LogP contribution >= 0.6 is 11.8 Å². The first-order valence-electron chi connectivity index (χ1n) is 8.70. The molecule has 0 bridgehead atoms. The number of allylic oxidation sites excluding steroid dienone is 1. The predicted octanol–water partition coefficient (Wildman–Crippen LogP) is 3.86. The molecule has 1 aromatic heterocycles. The molecule has 1 heterocycles. The number of hydrogen-bond donors (Lipinski definition) is 0. The number of ether oxygens (including phenoxy) is 1. The molecule has 0 fully saturated rings. The maximum Gasteiger partial charge on any atom is 0.158 e. The van der Waals surface area contributed by atoms with Gasteiger partial charge in [-0.15, -0.1) is 11.8 Å². The topological polar surface area (TPSA) is 58.0 Å². The van der Waals surface area contributed by atoms with Crippen LogP contribution in [0, 0.1) is 6.92 Å². The molecule has 0 amide bonds. The summed E-state index contributed by atoms with van der Waals surface area (Å²) in [6, 6.07) is 9.61. The van der Waals surface area contributed by atoms with Crippen LogP contribution in [-0.4, -0.2) is 52.1 Å². The lowest BCUT2D eigenvalue weighted by atomic mass is 10.1. The Hall–Kier alpha value is -2.80. The number of pyridine rings is 1. The number of aliphatic imine (C=N–C) groups is 1. The number of rotatable bonds is 8. The maximum absolute atomic E-state index is 11.7. The van der Waals surface area contributed by atoms with E-state index in [1.54, 1.807) is 19.6 Å². The smallest absolute Gasteiger partial charge is 0.158 e. The third-order valence-corrected chi connectivity index (χ3v) is 4.97. The summed E-state index contributed by atoms with van der Waals surface area (Å²) in [5.74, 6) is 0.793. The first-order valence-corrected chi connectivity index (χ1v) is 9.93. The number of aromatic nitrogens is 1. The molecule has 0 N–H and O–H groups in total. The minimum absolute atomic E-state index is 0.554. The Bertz CT molecular complexity index is 876. The standard InChI is InChI=1S/C21H26N4O2S/c1-15-20(18(24(2)3)11-12-22-15)21(19(13-26)28-6)23-14-25(4)16-7-9-17(27-5)10-8-16/h7-14H,1-6H3/b21-19+,23-14?. The summed E-state index contributed by atoms with van der Waals surface area (Å²) < 4.78 is 5.20. The molecule has 7 heteroatoms. The monoisotopic (exact) mass is 398 g/mol. The van der Waals surface area contributed by atoms with E-state index in [1.807, 2.05) is 74.5 Å². The SMILES string of the molecule is COc1ccc(N(C)C=N/C(=C(\C=O)SC)c2c(N(C)C)ccnc2C)cc1. The Balaban J connectivity index is 2.50. The summed E-state index contributed by atoms with van der Waals surface area (Å²) >= 11 is 1.37. The van der Waals surface area contributed by atoms with Gasteiger partial charge in [-0.3, -0.25) is 9.78 Å². The van der Waals surface area contributed by atoms with Crippen molar-refractivity contribution >= 4 is 41.5 Å². The van der Waals surface area contributed by atoms with Crippen molar-refractivity contribution in [3.8, 4) is 5.75 Å². The van der Waals surface area contributed by atoms with Gasteiger partial charge in [-0.05, 0) is 43.5 Å². The van der Waals surface area contributed by atoms with Gasteiger partial charge in [-0.2, -0.15) is 0 Å². The summed E-state index contributed by atoms with van der Waals surface area (Å²) in [7, 11) is 7.47. The third-order valence-electron chi connectivity index (χ3n) is 4.24. The Kier molecular flexibility index (Phi) is 7.63. The number of benzene rings is 1. The van der Waals surface area contributed by atoms with Crippen LogP contribution in [0.4, 0.5) is 11.4 Å². The summed E-state index contributed by atoms with van der Waals surface area (Å²) in [5.41, 5.74) is 4.19. The second kappa shape index (κ2) is 9.94. The van der Waals surface area contributed by atoms with Crippen molar-refractivity contribution in [2.75, 3.05) is 44.3 Å². The van der Waals surface area contributed by atoms with Crippen LogP contribution in [-0.2, 0) is 4.79 Å². The van der Waals surface area contributed by atoms with E-state index in [9.17, 15) is 4.79 Å². The Morgan fingerprint density at radius 3 is 2.39 bits per heavy atom. The van der Waals surface area contributed by atoms with E-state index in [0.717, 1.165) is 34.7 Å². The maximum atomic E-state index is 11.7. The number of hydrogen-bond acceptors (Lipinski definition) is 6. The fourth-order valence-corrected chi connectivity index (χ4v) is 3.14. The number of thioether (sulfide) groups is 1.